The quantitative estimate of drug-likeness (QED) is 0.173. The lowest BCUT2D eigenvalue weighted by molar-refractivity contribution is 0.792. The zero-order valence-corrected chi connectivity index (χ0v) is 29.1. The standard InChI is InChI=1S/C52H28N2/c53-29-31-17-21-39-41-23-19-33(27-49(41)51(47(39)25-31)43-13-5-1-9-35(43)36-10-2-6-14-44(36)51)34-20-24-42-40-22-18-32(30-54)26-48(40)52(50(42)28-34)45-15-7-3-11-37(45)38-12-4-8-16-46(38)52/h1-28H. The largest absolute Gasteiger partial charge is 0.192 e. The first-order chi connectivity index (χ1) is 26.7. The van der Waals surface area contributed by atoms with Crippen LogP contribution in [0.15, 0.2) is 170 Å². The van der Waals surface area contributed by atoms with Crippen molar-refractivity contribution in [2.24, 2.45) is 0 Å². The highest BCUT2D eigenvalue weighted by molar-refractivity contribution is 5.98. The molecular weight excluding hydrogens is 653 g/mol. The summed E-state index contributed by atoms with van der Waals surface area (Å²) in [4.78, 5) is 0. The average Bonchev–Trinajstić information content (AvgIpc) is 3.91. The lowest BCUT2D eigenvalue weighted by Crippen LogP contribution is -2.26. The third kappa shape index (κ3) is 3.31. The van der Waals surface area contributed by atoms with Crippen LogP contribution in [-0.2, 0) is 10.8 Å². The van der Waals surface area contributed by atoms with Crippen molar-refractivity contribution in [3.05, 3.63) is 225 Å². The van der Waals surface area contributed by atoms with Crippen molar-refractivity contribution in [1.29, 1.82) is 10.5 Å². The van der Waals surface area contributed by atoms with E-state index in [9.17, 15) is 10.5 Å². The Labute approximate surface area is 313 Å². The number of benzene rings is 8. The molecule has 8 aromatic carbocycles. The van der Waals surface area contributed by atoms with Gasteiger partial charge >= 0.3 is 0 Å². The predicted molar refractivity (Wildman–Crippen MR) is 214 cm³/mol. The Hall–Kier alpha value is -7.26. The van der Waals surface area contributed by atoms with E-state index >= 15 is 0 Å². The molecule has 0 unspecified atom stereocenters. The van der Waals surface area contributed by atoms with Crippen LogP contribution in [0.1, 0.15) is 55.6 Å². The molecular formula is C52H28N2. The maximum absolute atomic E-state index is 10.1. The van der Waals surface area contributed by atoms with E-state index in [1.165, 1.54) is 89.0 Å². The Morgan fingerprint density at radius 3 is 0.889 bits per heavy atom. The first kappa shape index (κ1) is 29.3. The molecule has 8 aromatic rings. The smallest absolute Gasteiger partial charge is 0.0991 e. The first-order valence-electron chi connectivity index (χ1n) is 18.5. The summed E-state index contributed by atoms with van der Waals surface area (Å²) in [7, 11) is 0. The molecule has 0 aliphatic heterocycles. The van der Waals surface area contributed by atoms with Gasteiger partial charge in [-0.1, -0.05) is 133 Å². The summed E-state index contributed by atoms with van der Waals surface area (Å²) in [6, 6.07) is 66.5. The molecule has 54 heavy (non-hydrogen) atoms. The lowest BCUT2D eigenvalue weighted by Gasteiger charge is -2.31. The van der Waals surface area contributed by atoms with Gasteiger partial charge < -0.3 is 0 Å². The normalized spacial score (nSPS) is 14.6. The molecule has 12 rings (SSSR count). The summed E-state index contributed by atoms with van der Waals surface area (Å²) in [6.45, 7) is 0. The highest BCUT2D eigenvalue weighted by Crippen LogP contribution is 2.65. The zero-order chi connectivity index (χ0) is 35.8. The van der Waals surface area contributed by atoms with Crippen LogP contribution in [0.4, 0.5) is 0 Å². The van der Waals surface area contributed by atoms with Crippen molar-refractivity contribution in [3.63, 3.8) is 0 Å². The Bertz CT molecular complexity index is 2790. The topological polar surface area (TPSA) is 47.6 Å². The van der Waals surface area contributed by atoms with Gasteiger partial charge in [-0.25, -0.2) is 0 Å². The molecule has 4 aliphatic rings. The van der Waals surface area contributed by atoms with Crippen molar-refractivity contribution in [1.82, 2.24) is 0 Å². The minimum absolute atomic E-state index is 0.550. The van der Waals surface area contributed by atoms with Crippen molar-refractivity contribution >= 4 is 0 Å². The van der Waals surface area contributed by atoms with Gasteiger partial charge in [0.05, 0.1) is 34.1 Å². The highest BCUT2D eigenvalue weighted by Gasteiger charge is 2.53. The van der Waals surface area contributed by atoms with Gasteiger partial charge in [-0.15, -0.1) is 0 Å². The number of nitrogens with zero attached hydrogens (tertiary/aromatic N) is 2. The molecule has 0 amide bonds. The van der Waals surface area contributed by atoms with E-state index in [-0.39, 0.29) is 0 Å². The summed E-state index contributed by atoms with van der Waals surface area (Å²) >= 11 is 0. The summed E-state index contributed by atoms with van der Waals surface area (Å²) in [5.74, 6) is 0. The second-order valence-corrected chi connectivity index (χ2v) is 14.9. The molecule has 0 atom stereocenters. The number of hydrogen-bond acceptors (Lipinski definition) is 2. The molecule has 0 N–H and O–H groups in total. The number of rotatable bonds is 1. The van der Waals surface area contributed by atoms with E-state index in [1.54, 1.807) is 0 Å². The van der Waals surface area contributed by atoms with Crippen molar-refractivity contribution in [3.8, 4) is 67.8 Å². The molecule has 0 heterocycles. The van der Waals surface area contributed by atoms with Gasteiger partial charge in [-0.3, -0.25) is 0 Å². The highest BCUT2D eigenvalue weighted by atomic mass is 14.5. The number of nitriles is 2. The van der Waals surface area contributed by atoms with Crippen LogP contribution in [-0.4, -0.2) is 0 Å². The third-order valence-electron chi connectivity index (χ3n) is 12.8. The Balaban J connectivity index is 1.14. The van der Waals surface area contributed by atoms with Gasteiger partial charge in [-0.05, 0) is 137 Å². The summed E-state index contributed by atoms with van der Waals surface area (Å²) in [5, 5.41) is 20.2. The van der Waals surface area contributed by atoms with Crippen LogP contribution in [0.2, 0.25) is 0 Å². The van der Waals surface area contributed by atoms with E-state index in [4.69, 9.17) is 0 Å². The predicted octanol–water partition coefficient (Wildman–Crippen LogP) is 11.8. The first-order valence-corrected chi connectivity index (χ1v) is 18.5. The fourth-order valence-electron chi connectivity index (χ4n) is 10.8. The van der Waals surface area contributed by atoms with Crippen LogP contribution in [0, 0.1) is 22.7 Å². The van der Waals surface area contributed by atoms with Gasteiger partial charge in [0.1, 0.15) is 0 Å². The van der Waals surface area contributed by atoms with Gasteiger partial charge in [-0.2, -0.15) is 10.5 Å². The number of hydrogen-bond donors (Lipinski definition) is 0. The molecule has 0 fully saturated rings. The zero-order valence-electron chi connectivity index (χ0n) is 29.1. The van der Waals surface area contributed by atoms with Crippen LogP contribution in [0.5, 0.6) is 0 Å². The van der Waals surface area contributed by atoms with Gasteiger partial charge in [0.25, 0.3) is 0 Å². The molecule has 2 spiro atoms. The second-order valence-electron chi connectivity index (χ2n) is 14.9. The van der Waals surface area contributed by atoms with Crippen LogP contribution >= 0.6 is 0 Å². The third-order valence-corrected chi connectivity index (χ3v) is 12.8. The molecule has 246 valence electrons. The number of fused-ring (bicyclic) bond motifs is 20. The Morgan fingerprint density at radius 1 is 0.278 bits per heavy atom. The maximum Gasteiger partial charge on any atom is 0.0991 e. The minimum Gasteiger partial charge on any atom is -0.192 e. The van der Waals surface area contributed by atoms with E-state index in [1.807, 2.05) is 12.1 Å². The fraction of sp³-hybridized carbons (Fsp3) is 0.0385. The van der Waals surface area contributed by atoms with Gasteiger partial charge in [0, 0.05) is 0 Å². The van der Waals surface area contributed by atoms with Crippen LogP contribution in [0.3, 0.4) is 0 Å². The lowest BCUT2D eigenvalue weighted by atomic mass is 9.69. The van der Waals surface area contributed by atoms with Gasteiger partial charge in [0.2, 0.25) is 0 Å². The summed E-state index contributed by atoms with van der Waals surface area (Å²) in [5.41, 5.74) is 22.1. The van der Waals surface area contributed by atoms with Crippen LogP contribution < -0.4 is 0 Å². The van der Waals surface area contributed by atoms with Crippen molar-refractivity contribution in [2.75, 3.05) is 0 Å². The molecule has 0 saturated carbocycles. The molecule has 2 nitrogen and oxygen atoms in total. The average molecular weight is 681 g/mol. The van der Waals surface area contributed by atoms with Crippen molar-refractivity contribution in [2.45, 2.75) is 10.8 Å². The van der Waals surface area contributed by atoms with Crippen molar-refractivity contribution < 1.29 is 0 Å². The van der Waals surface area contributed by atoms with E-state index in [0.717, 1.165) is 11.1 Å². The Kier molecular flexibility index (Phi) is 5.54. The maximum atomic E-state index is 10.1. The molecule has 2 heteroatoms. The second kappa shape index (κ2) is 10.2. The summed E-state index contributed by atoms with van der Waals surface area (Å²) in [6.07, 6.45) is 0. The minimum atomic E-state index is -0.550. The molecule has 0 aromatic heterocycles. The monoisotopic (exact) mass is 680 g/mol. The summed E-state index contributed by atoms with van der Waals surface area (Å²) < 4.78 is 0. The molecule has 0 bridgehead atoms. The van der Waals surface area contributed by atoms with E-state index in [0.29, 0.717) is 11.1 Å². The fourth-order valence-corrected chi connectivity index (χ4v) is 10.8. The van der Waals surface area contributed by atoms with E-state index in [2.05, 4.69) is 170 Å². The Morgan fingerprint density at radius 2 is 0.556 bits per heavy atom. The molecule has 4 aliphatic carbocycles. The molecule has 0 saturated heterocycles. The van der Waals surface area contributed by atoms with E-state index < -0.39 is 10.8 Å². The molecule has 0 radical (unpaired) electrons. The van der Waals surface area contributed by atoms with Crippen LogP contribution in [0.25, 0.3) is 55.6 Å². The SMILES string of the molecule is N#Cc1ccc2c(c1)C1(c3ccccc3-c3ccccc31)c1cc(-c3ccc4c(c3)C3(c5ccccc5-c5ccccc53)c3cc(C#N)ccc3-4)ccc1-2. The van der Waals surface area contributed by atoms with Gasteiger partial charge in [0.15, 0.2) is 0 Å².